The molecule has 0 amide bonds. The maximum atomic E-state index is 13.0. The van der Waals surface area contributed by atoms with E-state index in [0.717, 1.165) is 14.2 Å². The number of alkyl halides is 3. The average Bonchev–Trinajstić information content (AvgIpc) is 2.37. The van der Waals surface area contributed by atoms with Crippen molar-refractivity contribution in [1.29, 1.82) is 0 Å². The molecule has 1 aromatic carbocycles. The lowest BCUT2D eigenvalue weighted by Gasteiger charge is -2.18. The first-order valence-corrected chi connectivity index (χ1v) is 5.50. The monoisotopic (exact) mass is 294 g/mol. The van der Waals surface area contributed by atoms with Crippen molar-refractivity contribution in [3.05, 3.63) is 17.2 Å². The first-order valence-electron chi connectivity index (χ1n) is 5.50. The lowest BCUT2D eigenvalue weighted by molar-refractivity contribution is -0.138. The van der Waals surface area contributed by atoms with Gasteiger partial charge in [0.15, 0.2) is 11.5 Å². The Morgan fingerprint density at radius 2 is 1.95 bits per heavy atom. The summed E-state index contributed by atoms with van der Waals surface area (Å²) in [6.07, 6.45) is -4.86. The number of aromatic hydroxyl groups is 1. The van der Waals surface area contributed by atoms with Crippen molar-refractivity contribution in [2.75, 3.05) is 20.8 Å². The van der Waals surface area contributed by atoms with Gasteiger partial charge in [0.05, 0.1) is 26.4 Å². The summed E-state index contributed by atoms with van der Waals surface area (Å²) in [5.41, 5.74) is -2.37. The topological polar surface area (TPSA) is 65.0 Å². The van der Waals surface area contributed by atoms with E-state index in [0.29, 0.717) is 6.07 Å². The van der Waals surface area contributed by atoms with E-state index in [1.807, 2.05) is 0 Å². The molecule has 0 aromatic heterocycles. The molecule has 0 unspecified atom stereocenters. The molecule has 112 valence electrons. The van der Waals surface area contributed by atoms with Gasteiger partial charge >= 0.3 is 12.1 Å². The number of rotatable bonds is 4. The van der Waals surface area contributed by atoms with Crippen LogP contribution in [0.4, 0.5) is 13.2 Å². The fourth-order valence-electron chi connectivity index (χ4n) is 1.62. The van der Waals surface area contributed by atoms with Crippen molar-refractivity contribution in [3.8, 4) is 17.2 Å². The Balaban J connectivity index is 3.67. The lowest BCUT2D eigenvalue weighted by Crippen LogP contribution is -2.15. The van der Waals surface area contributed by atoms with Crippen molar-refractivity contribution in [1.82, 2.24) is 0 Å². The second-order valence-electron chi connectivity index (χ2n) is 3.60. The molecule has 0 radical (unpaired) electrons. The molecule has 1 N–H and O–H groups in total. The minimum atomic E-state index is -4.86. The normalized spacial score (nSPS) is 11.1. The molecule has 0 bridgehead atoms. The van der Waals surface area contributed by atoms with Gasteiger partial charge in [0, 0.05) is 0 Å². The van der Waals surface area contributed by atoms with Gasteiger partial charge in [0.25, 0.3) is 0 Å². The molecule has 1 aromatic rings. The molecule has 0 fully saturated rings. The molecule has 20 heavy (non-hydrogen) atoms. The van der Waals surface area contributed by atoms with Crippen molar-refractivity contribution < 1.29 is 37.3 Å². The van der Waals surface area contributed by atoms with Gasteiger partial charge in [0.2, 0.25) is 5.75 Å². The minimum absolute atomic E-state index is 0.0602. The zero-order valence-electron chi connectivity index (χ0n) is 11.0. The summed E-state index contributed by atoms with van der Waals surface area (Å²) in [6.45, 7) is 1.61. The summed E-state index contributed by atoms with van der Waals surface area (Å²) in [5.74, 6) is -2.97. The Kier molecular flexibility index (Phi) is 4.69. The molecule has 0 aliphatic heterocycles. The largest absolute Gasteiger partial charge is 0.504 e. The Morgan fingerprint density at radius 1 is 1.35 bits per heavy atom. The van der Waals surface area contributed by atoms with E-state index in [4.69, 9.17) is 9.47 Å². The fraction of sp³-hybridized carbons (Fsp3) is 0.417. The molecule has 1 rings (SSSR count). The fourth-order valence-corrected chi connectivity index (χ4v) is 1.62. The smallest absolute Gasteiger partial charge is 0.417 e. The van der Waals surface area contributed by atoms with E-state index in [1.54, 1.807) is 6.92 Å². The molecular weight excluding hydrogens is 281 g/mol. The number of benzene rings is 1. The molecule has 0 aliphatic carbocycles. The van der Waals surface area contributed by atoms with Crippen molar-refractivity contribution in [2.45, 2.75) is 13.1 Å². The number of carbonyl (C=O) groups is 1. The highest BCUT2D eigenvalue weighted by Gasteiger charge is 2.40. The minimum Gasteiger partial charge on any atom is -0.504 e. The van der Waals surface area contributed by atoms with Crippen LogP contribution in [0, 0.1) is 0 Å². The van der Waals surface area contributed by atoms with Crippen LogP contribution in [0.15, 0.2) is 6.07 Å². The number of hydrogen-bond donors (Lipinski definition) is 1. The highest BCUT2D eigenvalue weighted by Crippen LogP contribution is 2.46. The third-order valence-corrected chi connectivity index (χ3v) is 2.42. The first kappa shape index (κ1) is 15.9. The quantitative estimate of drug-likeness (QED) is 0.865. The van der Waals surface area contributed by atoms with Crippen LogP contribution in [0.1, 0.15) is 22.8 Å². The second-order valence-corrected chi connectivity index (χ2v) is 3.60. The molecule has 5 nitrogen and oxygen atoms in total. The molecule has 0 atom stereocenters. The van der Waals surface area contributed by atoms with Crippen LogP contribution >= 0.6 is 0 Å². The van der Waals surface area contributed by atoms with Crippen molar-refractivity contribution in [2.24, 2.45) is 0 Å². The number of ether oxygens (including phenoxy) is 3. The summed E-state index contributed by atoms with van der Waals surface area (Å²) in [5, 5.41) is 9.84. The third kappa shape index (κ3) is 2.89. The van der Waals surface area contributed by atoms with E-state index < -0.39 is 29.0 Å². The Hall–Kier alpha value is -2.12. The van der Waals surface area contributed by atoms with Crippen molar-refractivity contribution in [3.63, 3.8) is 0 Å². The van der Waals surface area contributed by atoms with E-state index in [2.05, 4.69) is 4.74 Å². The van der Waals surface area contributed by atoms with E-state index >= 15 is 0 Å². The van der Waals surface area contributed by atoms with Crippen LogP contribution in [-0.2, 0) is 10.9 Å². The summed E-state index contributed by atoms with van der Waals surface area (Å²) in [6, 6.07) is 0.592. The van der Waals surface area contributed by atoms with Crippen LogP contribution in [0.2, 0.25) is 0 Å². The number of halogens is 3. The van der Waals surface area contributed by atoms with Gasteiger partial charge in [-0.25, -0.2) is 4.79 Å². The second kappa shape index (κ2) is 5.89. The van der Waals surface area contributed by atoms with Crippen LogP contribution < -0.4 is 9.47 Å². The van der Waals surface area contributed by atoms with Crippen LogP contribution in [0.25, 0.3) is 0 Å². The standard InChI is InChI=1S/C12H13F3O5/c1-4-20-7-5-6(12(13,14)15)8(11(17)19-3)9(16)10(7)18-2/h5,16H,4H2,1-3H3. The predicted octanol–water partition coefficient (Wildman–Crippen LogP) is 2.60. The van der Waals surface area contributed by atoms with Gasteiger partial charge in [-0.15, -0.1) is 0 Å². The molecule has 0 saturated heterocycles. The summed E-state index contributed by atoms with van der Waals surface area (Å²) in [7, 11) is 2.04. The van der Waals surface area contributed by atoms with Crippen LogP contribution in [0.5, 0.6) is 17.2 Å². The maximum absolute atomic E-state index is 13.0. The number of carbonyl (C=O) groups excluding carboxylic acids is 1. The van der Waals surface area contributed by atoms with Gasteiger partial charge in [-0.05, 0) is 13.0 Å². The Bertz CT molecular complexity index is 511. The zero-order chi connectivity index (χ0) is 15.5. The first-order chi connectivity index (χ1) is 9.27. The molecular formula is C12H13F3O5. The Morgan fingerprint density at radius 3 is 2.35 bits per heavy atom. The number of esters is 1. The van der Waals surface area contributed by atoms with Crippen LogP contribution in [-0.4, -0.2) is 31.9 Å². The zero-order valence-corrected chi connectivity index (χ0v) is 11.0. The number of hydrogen-bond acceptors (Lipinski definition) is 5. The number of phenols is 1. The molecule has 8 heteroatoms. The molecule has 0 spiro atoms. The highest BCUT2D eigenvalue weighted by molar-refractivity contribution is 5.96. The summed E-state index contributed by atoms with van der Waals surface area (Å²) in [4.78, 5) is 11.5. The van der Waals surface area contributed by atoms with E-state index in [9.17, 15) is 23.1 Å². The summed E-state index contributed by atoms with van der Waals surface area (Å²) >= 11 is 0. The van der Waals surface area contributed by atoms with Gasteiger partial charge in [-0.3, -0.25) is 0 Å². The average molecular weight is 294 g/mol. The van der Waals surface area contributed by atoms with Crippen LogP contribution in [0.3, 0.4) is 0 Å². The summed E-state index contributed by atoms with van der Waals surface area (Å²) < 4.78 is 52.9. The van der Waals surface area contributed by atoms with E-state index in [-0.39, 0.29) is 18.1 Å². The van der Waals surface area contributed by atoms with Gasteiger partial charge in [-0.1, -0.05) is 0 Å². The maximum Gasteiger partial charge on any atom is 0.417 e. The third-order valence-electron chi connectivity index (χ3n) is 2.42. The lowest BCUT2D eigenvalue weighted by atomic mass is 10.0. The molecule has 0 saturated carbocycles. The Labute approximate surface area is 112 Å². The SMILES string of the molecule is CCOc1cc(C(F)(F)F)c(C(=O)OC)c(O)c1OC. The van der Waals surface area contributed by atoms with Gasteiger partial charge in [0.1, 0.15) is 5.56 Å². The predicted molar refractivity (Wildman–Crippen MR) is 62.2 cm³/mol. The number of phenolic OH excluding ortho intramolecular Hbond substituents is 1. The molecule has 0 heterocycles. The van der Waals surface area contributed by atoms with Crippen molar-refractivity contribution >= 4 is 5.97 Å². The van der Waals surface area contributed by atoms with Gasteiger partial charge in [-0.2, -0.15) is 13.2 Å². The van der Waals surface area contributed by atoms with Gasteiger partial charge < -0.3 is 19.3 Å². The number of methoxy groups -OCH3 is 2. The highest BCUT2D eigenvalue weighted by atomic mass is 19.4. The van der Waals surface area contributed by atoms with E-state index in [1.165, 1.54) is 0 Å². The molecule has 0 aliphatic rings.